The van der Waals surface area contributed by atoms with E-state index >= 15 is 0 Å². The Morgan fingerprint density at radius 1 is 1.34 bits per heavy atom. The average molecular weight is 495 g/mol. The molecule has 13 heteroatoms. The zero-order chi connectivity index (χ0) is 25.3. The summed E-state index contributed by atoms with van der Waals surface area (Å²) in [5.41, 5.74) is 2.02. The van der Waals surface area contributed by atoms with Crippen LogP contribution in [0.2, 0.25) is 5.02 Å². The quantitative estimate of drug-likeness (QED) is 0.464. The lowest BCUT2D eigenvalue weighted by Crippen LogP contribution is -2.40. The van der Waals surface area contributed by atoms with E-state index in [1.807, 2.05) is 24.8 Å². The van der Waals surface area contributed by atoms with Crippen molar-refractivity contribution in [1.82, 2.24) is 24.5 Å². The molecule has 0 spiro atoms. The van der Waals surface area contributed by atoms with Crippen molar-refractivity contribution in [2.24, 2.45) is 5.92 Å². The van der Waals surface area contributed by atoms with Gasteiger partial charge in [0.1, 0.15) is 6.07 Å². The van der Waals surface area contributed by atoms with Crippen molar-refractivity contribution in [3.63, 3.8) is 0 Å². The Balaban J connectivity index is 1.73. The maximum Gasteiger partial charge on any atom is 0.407 e. The molecule has 0 radical (unpaired) electrons. The summed E-state index contributed by atoms with van der Waals surface area (Å²) >= 11 is 6.78. The number of imidazole rings is 1. The van der Waals surface area contributed by atoms with Crippen molar-refractivity contribution >= 4 is 46.5 Å². The maximum atomic E-state index is 11.5. The van der Waals surface area contributed by atoms with Gasteiger partial charge in [-0.1, -0.05) is 18.5 Å². The molecular formula is C22H23ClN10O2. The number of anilines is 4. The first-order chi connectivity index (χ1) is 16.8. The van der Waals surface area contributed by atoms with Crippen LogP contribution in [-0.2, 0) is 0 Å². The van der Waals surface area contributed by atoms with Gasteiger partial charge in [-0.05, 0) is 25.0 Å². The summed E-state index contributed by atoms with van der Waals surface area (Å²) in [7, 11) is 1.55. The van der Waals surface area contributed by atoms with Crippen molar-refractivity contribution in [1.29, 1.82) is 10.5 Å². The number of fused-ring (bicyclic) bond motifs is 1. The first-order valence-electron chi connectivity index (χ1n) is 10.9. The molecule has 0 bridgehead atoms. The lowest BCUT2D eigenvalue weighted by atomic mass is 10.1. The molecule has 12 nitrogen and oxygen atoms in total. The van der Waals surface area contributed by atoms with Crippen molar-refractivity contribution in [2.45, 2.75) is 19.9 Å². The number of hydrogen-bond donors (Lipinski definition) is 3. The fourth-order valence-corrected chi connectivity index (χ4v) is 4.48. The number of benzene rings is 1. The van der Waals surface area contributed by atoms with E-state index in [9.17, 15) is 20.4 Å². The maximum absolute atomic E-state index is 11.5. The molecule has 1 saturated heterocycles. The number of amides is 1. The highest BCUT2D eigenvalue weighted by atomic mass is 35.5. The van der Waals surface area contributed by atoms with E-state index in [-0.39, 0.29) is 23.6 Å². The number of aromatic nitrogens is 4. The van der Waals surface area contributed by atoms with Crippen LogP contribution in [0.5, 0.6) is 0 Å². The van der Waals surface area contributed by atoms with Crippen LogP contribution in [0.4, 0.5) is 27.9 Å². The van der Waals surface area contributed by atoms with E-state index in [1.54, 1.807) is 19.2 Å². The van der Waals surface area contributed by atoms with E-state index in [0.29, 0.717) is 53.1 Å². The standard InChI is InChI=1S/C22H23ClN10O2/c1-4-26-19-20-27-9-14(8-25)33(20)30-21(29-19)28-15-5-13(7-24)6-16(18(15)23)32-10-12(2)17(11-32)31(3)22(34)35/h5-6,9,12,17H,4,10-11H2,1-3H3,(H,34,35)(H2,26,28,29,30)/t12-,17+/m0/s1. The Kier molecular flexibility index (Phi) is 6.49. The second kappa shape index (κ2) is 9.52. The van der Waals surface area contributed by atoms with Crippen LogP contribution in [-0.4, -0.2) is 68.4 Å². The molecule has 1 fully saturated rings. The molecule has 3 aromatic rings. The second-order valence-corrected chi connectivity index (χ2v) is 8.62. The number of halogens is 1. The Labute approximate surface area is 206 Å². The number of nitrogens with one attached hydrogen (secondary N) is 2. The molecule has 1 amide bonds. The number of rotatable bonds is 6. The van der Waals surface area contributed by atoms with Gasteiger partial charge in [-0.3, -0.25) is 0 Å². The smallest absolute Gasteiger partial charge is 0.407 e. The lowest BCUT2D eigenvalue weighted by Gasteiger charge is -2.25. The number of likely N-dealkylation sites (N-methyl/N-ethyl adjacent to an activating group) is 1. The summed E-state index contributed by atoms with van der Waals surface area (Å²) in [6, 6.07) is 7.24. The molecule has 2 atom stereocenters. The molecule has 3 N–H and O–H groups in total. The fraction of sp³-hybridized carbons (Fsp3) is 0.364. The molecule has 1 aliphatic heterocycles. The van der Waals surface area contributed by atoms with Crippen LogP contribution in [0.1, 0.15) is 25.1 Å². The Bertz CT molecular complexity index is 1380. The highest BCUT2D eigenvalue weighted by Crippen LogP contribution is 2.38. The molecule has 2 aromatic heterocycles. The summed E-state index contributed by atoms with van der Waals surface area (Å²) in [4.78, 5) is 23.4. The minimum atomic E-state index is -0.997. The van der Waals surface area contributed by atoms with E-state index in [0.717, 1.165) is 0 Å². The first-order valence-corrected chi connectivity index (χ1v) is 11.3. The van der Waals surface area contributed by atoms with Gasteiger partial charge in [0.15, 0.2) is 17.2 Å². The van der Waals surface area contributed by atoms with Crippen LogP contribution in [0.15, 0.2) is 18.3 Å². The van der Waals surface area contributed by atoms with Gasteiger partial charge in [-0.2, -0.15) is 20.0 Å². The van der Waals surface area contributed by atoms with Crippen LogP contribution in [0.25, 0.3) is 5.65 Å². The van der Waals surface area contributed by atoms with Crippen LogP contribution in [0.3, 0.4) is 0 Å². The summed E-state index contributed by atoms with van der Waals surface area (Å²) in [5, 5.41) is 39.3. The molecule has 1 aliphatic rings. The van der Waals surface area contributed by atoms with Crippen LogP contribution in [0, 0.1) is 28.6 Å². The van der Waals surface area contributed by atoms with E-state index in [1.165, 1.54) is 15.6 Å². The predicted molar refractivity (Wildman–Crippen MR) is 130 cm³/mol. The SMILES string of the molecule is CCNc1nc(Nc2cc(C#N)cc(N3C[C@@H](N(C)C(=O)O)[C@@H](C)C3)c2Cl)nn2c(C#N)cnc12. The monoisotopic (exact) mass is 494 g/mol. The summed E-state index contributed by atoms with van der Waals surface area (Å²) in [6.45, 7) is 5.48. The molecular weight excluding hydrogens is 472 g/mol. The largest absolute Gasteiger partial charge is 0.465 e. The number of carboxylic acid groups (broad SMARTS) is 1. The Hall–Kier alpha value is -4.29. The number of carbonyl (C=O) groups is 1. The lowest BCUT2D eigenvalue weighted by molar-refractivity contribution is 0.133. The topological polar surface area (TPSA) is 158 Å². The van der Waals surface area contributed by atoms with E-state index in [4.69, 9.17) is 11.6 Å². The normalized spacial score (nSPS) is 17.1. The zero-order valence-electron chi connectivity index (χ0n) is 19.3. The van der Waals surface area contributed by atoms with Crippen molar-refractivity contribution in [2.75, 3.05) is 42.2 Å². The van der Waals surface area contributed by atoms with E-state index < -0.39 is 6.09 Å². The third-order valence-electron chi connectivity index (χ3n) is 5.96. The third kappa shape index (κ3) is 4.44. The number of hydrogen-bond acceptors (Lipinski definition) is 9. The highest BCUT2D eigenvalue weighted by molar-refractivity contribution is 6.36. The minimum Gasteiger partial charge on any atom is -0.465 e. The molecule has 35 heavy (non-hydrogen) atoms. The van der Waals surface area contributed by atoms with Gasteiger partial charge in [0.25, 0.3) is 0 Å². The van der Waals surface area contributed by atoms with Gasteiger partial charge in [0.2, 0.25) is 5.95 Å². The minimum absolute atomic E-state index is 0.0633. The third-order valence-corrected chi connectivity index (χ3v) is 6.36. The Morgan fingerprint density at radius 3 is 2.77 bits per heavy atom. The van der Waals surface area contributed by atoms with Crippen LogP contribution < -0.4 is 15.5 Å². The van der Waals surface area contributed by atoms with Crippen molar-refractivity contribution in [3.05, 3.63) is 34.6 Å². The van der Waals surface area contributed by atoms with Crippen molar-refractivity contribution in [3.8, 4) is 12.1 Å². The first kappa shape index (κ1) is 23.9. The molecule has 0 aliphatic carbocycles. The molecule has 3 heterocycles. The summed E-state index contributed by atoms with van der Waals surface area (Å²) in [6.07, 6.45) is 0.415. The van der Waals surface area contributed by atoms with E-state index in [2.05, 4.69) is 31.8 Å². The van der Waals surface area contributed by atoms with Gasteiger partial charge >= 0.3 is 6.09 Å². The molecule has 4 rings (SSSR count). The fourth-order valence-electron chi connectivity index (χ4n) is 4.20. The molecule has 0 unspecified atom stereocenters. The Morgan fingerprint density at radius 2 is 2.11 bits per heavy atom. The summed E-state index contributed by atoms with van der Waals surface area (Å²) in [5.74, 6) is 0.657. The van der Waals surface area contributed by atoms with Gasteiger partial charge in [-0.25, -0.2) is 9.78 Å². The van der Waals surface area contributed by atoms with Gasteiger partial charge < -0.3 is 25.5 Å². The molecule has 0 saturated carbocycles. The average Bonchev–Trinajstić information content (AvgIpc) is 3.43. The van der Waals surface area contributed by atoms with Gasteiger partial charge in [-0.15, -0.1) is 5.10 Å². The number of nitrogens with zero attached hydrogens (tertiary/aromatic N) is 8. The second-order valence-electron chi connectivity index (χ2n) is 8.24. The predicted octanol–water partition coefficient (Wildman–Crippen LogP) is 3.13. The highest BCUT2D eigenvalue weighted by Gasteiger charge is 2.35. The summed E-state index contributed by atoms with van der Waals surface area (Å²) < 4.78 is 1.38. The van der Waals surface area contributed by atoms with Crippen molar-refractivity contribution < 1.29 is 9.90 Å². The number of nitriles is 2. The van der Waals surface area contributed by atoms with Gasteiger partial charge in [0, 0.05) is 26.7 Å². The molecule has 180 valence electrons. The zero-order valence-corrected chi connectivity index (χ0v) is 20.1. The molecule has 1 aromatic carbocycles. The van der Waals surface area contributed by atoms with Gasteiger partial charge in [0.05, 0.1) is 40.3 Å². The van der Waals surface area contributed by atoms with Crippen LogP contribution >= 0.6 is 11.6 Å².